The van der Waals surface area contributed by atoms with E-state index in [-0.39, 0.29) is 6.04 Å². The summed E-state index contributed by atoms with van der Waals surface area (Å²) in [5.74, 6) is -1.53. The molecule has 0 aliphatic carbocycles. The van der Waals surface area contributed by atoms with Gasteiger partial charge in [0.1, 0.15) is 0 Å². The lowest BCUT2D eigenvalue weighted by Crippen LogP contribution is -2.20. The summed E-state index contributed by atoms with van der Waals surface area (Å²) < 4.78 is 27.6. The lowest BCUT2D eigenvalue weighted by atomic mass is 9.97. The van der Waals surface area contributed by atoms with Gasteiger partial charge in [-0.05, 0) is 48.3 Å². The molecule has 1 aromatic heterocycles. The van der Waals surface area contributed by atoms with Crippen LogP contribution in [-0.2, 0) is 0 Å². The van der Waals surface area contributed by atoms with Gasteiger partial charge in [0.2, 0.25) is 0 Å². The lowest BCUT2D eigenvalue weighted by Gasteiger charge is -2.18. The molecule has 0 amide bonds. The molecule has 1 N–H and O–H groups in total. The van der Waals surface area contributed by atoms with Gasteiger partial charge in [-0.3, -0.25) is 0 Å². The Bertz CT molecular complexity index is 563. The van der Waals surface area contributed by atoms with Gasteiger partial charge < -0.3 is 5.32 Å². The summed E-state index contributed by atoms with van der Waals surface area (Å²) in [6, 6.07) is 2.94. The summed E-state index contributed by atoms with van der Waals surface area (Å²) in [6.45, 7) is 3.53. The largest absolute Gasteiger partial charge is 0.309 e. The Kier molecular flexibility index (Phi) is 3.78. The number of benzene rings is 1. The van der Waals surface area contributed by atoms with E-state index in [0.717, 1.165) is 11.1 Å². The minimum atomic E-state index is -0.764. The van der Waals surface area contributed by atoms with Crippen molar-refractivity contribution in [3.05, 3.63) is 56.8 Å². The van der Waals surface area contributed by atoms with E-state index in [2.05, 4.69) is 5.32 Å². The second-order valence-corrected chi connectivity index (χ2v) is 5.08. The maximum atomic E-state index is 14.0. The van der Waals surface area contributed by atoms with E-state index in [1.54, 1.807) is 37.4 Å². The molecule has 1 atom stereocenters. The van der Waals surface area contributed by atoms with Crippen molar-refractivity contribution in [1.82, 2.24) is 5.32 Å². The molecule has 0 bridgehead atoms. The Labute approximate surface area is 109 Å². The lowest BCUT2D eigenvalue weighted by molar-refractivity contribution is 0.482. The zero-order valence-electron chi connectivity index (χ0n) is 10.6. The fourth-order valence-electron chi connectivity index (χ4n) is 2.03. The molecule has 0 radical (unpaired) electrons. The first-order valence-corrected chi connectivity index (χ1v) is 6.65. The summed E-state index contributed by atoms with van der Waals surface area (Å²) >= 11 is 1.56. The average Bonchev–Trinajstić information content (AvgIpc) is 2.77. The molecule has 18 heavy (non-hydrogen) atoms. The molecule has 96 valence electrons. The molecule has 0 saturated heterocycles. The minimum Gasteiger partial charge on any atom is -0.309 e. The standard InChI is InChI=1S/C14H15F2NS/c1-8-4-5-10(13(16)12(8)15)14(17-3)11-7-18-6-9(11)2/h4-7,14,17H,1-3H3. The van der Waals surface area contributed by atoms with Gasteiger partial charge >= 0.3 is 0 Å². The van der Waals surface area contributed by atoms with E-state index in [1.807, 2.05) is 17.7 Å². The number of aryl methyl sites for hydroxylation is 2. The second kappa shape index (κ2) is 5.16. The molecular formula is C14H15F2NS. The van der Waals surface area contributed by atoms with Crippen LogP contribution in [0, 0.1) is 25.5 Å². The van der Waals surface area contributed by atoms with E-state index in [9.17, 15) is 8.78 Å². The number of halogens is 2. The number of rotatable bonds is 3. The molecule has 0 spiro atoms. The van der Waals surface area contributed by atoms with E-state index in [4.69, 9.17) is 0 Å². The Morgan fingerprint density at radius 2 is 1.72 bits per heavy atom. The van der Waals surface area contributed by atoms with Gasteiger partial charge in [0.05, 0.1) is 6.04 Å². The maximum absolute atomic E-state index is 14.0. The van der Waals surface area contributed by atoms with Gasteiger partial charge in [-0.2, -0.15) is 11.3 Å². The fourth-order valence-corrected chi connectivity index (χ4v) is 2.91. The van der Waals surface area contributed by atoms with Crippen molar-refractivity contribution in [2.45, 2.75) is 19.9 Å². The first-order chi connectivity index (χ1) is 8.56. The average molecular weight is 267 g/mol. The quantitative estimate of drug-likeness (QED) is 0.887. The first-order valence-electron chi connectivity index (χ1n) is 5.70. The first kappa shape index (κ1) is 13.2. The van der Waals surface area contributed by atoms with Crippen molar-refractivity contribution in [2.24, 2.45) is 0 Å². The van der Waals surface area contributed by atoms with Crippen LogP contribution >= 0.6 is 11.3 Å². The molecule has 1 nitrogen and oxygen atoms in total. The van der Waals surface area contributed by atoms with Crippen LogP contribution in [0.1, 0.15) is 28.3 Å². The minimum absolute atomic E-state index is 0.314. The van der Waals surface area contributed by atoms with Crippen LogP contribution in [0.3, 0.4) is 0 Å². The number of thiophene rings is 1. The number of hydrogen-bond donors (Lipinski definition) is 1. The molecule has 1 heterocycles. The Balaban J connectivity index is 2.53. The van der Waals surface area contributed by atoms with E-state index in [1.165, 1.54) is 0 Å². The molecule has 4 heteroatoms. The summed E-state index contributed by atoms with van der Waals surface area (Å²) in [6.07, 6.45) is 0. The highest BCUT2D eigenvalue weighted by molar-refractivity contribution is 7.08. The molecule has 2 aromatic rings. The summed E-state index contributed by atoms with van der Waals surface area (Å²) in [5.41, 5.74) is 2.75. The predicted octanol–water partition coefficient (Wildman–Crippen LogP) is 3.95. The van der Waals surface area contributed by atoms with Crippen molar-refractivity contribution in [3.63, 3.8) is 0 Å². The summed E-state index contributed by atoms with van der Waals surface area (Å²) in [4.78, 5) is 0. The van der Waals surface area contributed by atoms with Crippen molar-refractivity contribution < 1.29 is 8.78 Å². The molecular weight excluding hydrogens is 252 g/mol. The third-order valence-corrected chi connectivity index (χ3v) is 3.99. The molecule has 0 saturated carbocycles. The van der Waals surface area contributed by atoms with Crippen LogP contribution < -0.4 is 5.32 Å². The van der Waals surface area contributed by atoms with Crippen LogP contribution in [-0.4, -0.2) is 7.05 Å². The number of hydrogen-bond acceptors (Lipinski definition) is 2. The van der Waals surface area contributed by atoms with Gasteiger partial charge in [0.15, 0.2) is 11.6 Å². The van der Waals surface area contributed by atoms with Crippen LogP contribution in [0.5, 0.6) is 0 Å². The van der Waals surface area contributed by atoms with Crippen LogP contribution in [0.4, 0.5) is 8.78 Å². The highest BCUT2D eigenvalue weighted by Gasteiger charge is 2.21. The molecule has 1 aromatic carbocycles. The molecule has 0 fully saturated rings. The van der Waals surface area contributed by atoms with Gasteiger partial charge in [-0.25, -0.2) is 8.78 Å². The van der Waals surface area contributed by atoms with Crippen LogP contribution in [0.2, 0.25) is 0 Å². The second-order valence-electron chi connectivity index (χ2n) is 4.33. The normalized spacial score (nSPS) is 12.7. The number of nitrogens with one attached hydrogen (secondary N) is 1. The van der Waals surface area contributed by atoms with Crippen molar-refractivity contribution >= 4 is 11.3 Å². The molecule has 0 aliphatic rings. The highest BCUT2D eigenvalue weighted by Crippen LogP contribution is 2.30. The maximum Gasteiger partial charge on any atom is 0.164 e. The van der Waals surface area contributed by atoms with Gasteiger partial charge in [-0.1, -0.05) is 12.1 Å². The van der Waals surface area contributed by atoms with E-state index in [0.29, 0.717) is 11.1 Å². The molecule has 2 rings (SSSR count). The third-order valence-electron chi connectivity index (χ3n) is 3.11. The van der Waals surface area contributed by atoms with E-state index < -0.39 is 11.6 Å². The third kappa shape index (κ3) is 2.18. The zero-order chi connectivity index (χ0) is 13.3. The SMILES string of the molecule is CNC(c1cscc1C)c1ccc(C)c(F)c1F. The Morgan fingerprint density at radius 1 is 1.00 bits per heavy atom. The summed E-state index contributed by atoms with van der Waals surface area (Å²) in [5, 5.41) is 7.02. The predicted molar refractivity (Wildman–Crippen MR) is 71.1 cm³/mol. The van der Waals surface area contributed by atoms with Crippen molar-refractivity contribution in [1.29, 1.82) is 0 Å². The van der Waals surface area contributed by atoms with Gasteiger partial charge in [0.25, 0.3) is 0 Å². The monoisotopic (exact) mass is 267 g/mol. The highest BCUT2D eigenvalue weighted by atomic mass is 32.1. The molecule has 1 unspecified atom stereocenters. The van der Waals surface area contributed by atoms with Crippen LogP contribution in [0.25, 0.3) is 0 Å². The Morgan fingerprint density at radius 3 is 2.28 bits per heavy atom. The smallest absolute Gasteiger partial charge is 0.164 e. The van der Waals surface area contributed by atoms with Gasteiger partial charge in [0, 0.05) is 5.56 Å². The Hall–Kier alpha value is -1.26. The van der Waals surface area contributed by atoms with Crippen molar-refractivity contribution in [3.8, 4) is 0 Å². The summed E-state index contributed by atoms with van der Waals surface area (Å²) in [7, 11) is 1.75. The van der Waals surface area contributed by atoms with Crippen LogP contribution in [0.15, 0.2) is 22.9 Å². The topological polar surface area (TPSA) is 12.0 Å². The van der Waals surface area contributed by atoms with E-state index >= 15 is 0 Å². The van der Waals surface area contributed by atoms with Crippen molar-refractivity contribution in [2.75, 3.05) is 7.05 Å². The zero-order valence-corrected chi connectivity index (χ0v) is 11.4. The fraction of sp³-hybridized carbons (Fsp3) is 0.286. The molecule has 0 aliphatic heterocycles. The van der Waals surface area contributed by atoms with Gasteiger partial charge in [-0.15, -0.1) is 0 Å².